The van der Waals surface area contributed by atoms with Crippen LogP contribution >= 0.6 is 0 Å². The molecular formula is C17H24FNO6. The Morgan fingerprint density at radius 3 is 2.24 bits per heavy atom. The number of nitrogens with one attached hydrogen (secondary N) is 1. The van der Waals surface area contributed by atoms with Gasteiger partial charge in [-0.25, -0.2) is 9.18 Å². The first-order valence-electron chi connectivity index (χ1n) is 7.68. The summed E-state index contributed by atoms with van der Waals surface area (Å²) >= 11 is 0. The van der Waals surface area contributed by atoms with E-state index in [2.05, 4.69) is 5.32 Å². The summed E-state index contributed by atoms with van der Waals surface area (Å²) in [5, 5.41) is 11.5. The number of benzene rings is 1. The Morgan fingerprint density at radius 1 is 1.20 bits per heavy atom. The van der Waals surface area contributed by atoms with Crippen molar-refractivity contribution in [3.05, 3.63) is 23.5 Å². The number of carbonyl (C=O) groups is 2. The molecule has 1 aromatic rings. The molecule has 1 rings (SSSR count). The molecule has 1 unspecified atom stereocenters. The molecule has 0 saturated carbocycles. The Hall–Kier alpha value is -2.35. The first kappa shape index (κ1) is 20.7. The molecule has 140 valence electrons. The maximum atomic E-state index is 14.1. The first-order valence-corrected chi connectivity index (χ1v) is 7.68. The van der Waals surface area contributed by atoms with Crippen molar-refractivity contribution in [3.63, 3.8) is 0 Å². The lowest BCUT2D eigenvalue weighted by atomic mass is 10.1. The third kappa shape index (κ3) is 6.22. The summed E-state index contributed by atoms with van der Waals surface area (Å²) in [5.41, 5.74) is -0.761. The maximum absolute atomic E-state index is 14.1. The van der Waals surface area contributed by atoms with E-state index < -0.39 is 29.3 Å². The van der Waals surface area contributed by atoms with Crippen LogP contribution in [-0.2, 0) is 9.53 Å². The molecule has 0 aromatic heterocycles. The van der Waals surface area contributed by atoms with Crippen molar-refractivity contribution < 1.29 is 33.3 Å². The lowest BCUT2D eigenvalue weighted by Crippen LogP contribution is -2.42. The lowest BCUT2D eigenvalue weighted by Gasteiger charge is -2.21. The third-order valence-corrected chi connectivity index (χ3v) is 3.26. The Kier molecular flexibility index (Phi) is 7.17. The third-order valence-electron chi connectivity index (χ3n) is 3.26. The van der Waals surface area contributed by atoms with Crippen molar-refractivity contribution >= 4 is 11.9 Å². The topological polar surface area (TPSA) is 94.1 Å². The Labute approximate surface area is 146 Å². The quantitative estimate of drug-likeness (QED) is 0.741. The smallest absolute Gasteiger partial charge is 0.326 e. The number of hydrogen-bond donors (Lipinski definition) is 2. The zero-order chi connectivity index (χ0) is 19.2. The molecule has 0 aliphatic heterocycles. The van der Waals surface area contributed by atoms with E-state index in [1.807, 2.05) is 20.8 Å². The normalized spacial score (nSPS) is 12.4. The van der Waals surface area contributed by atoms with Crippen molar-refractivity contribution in [2.45, 2.75) is 38.8 Å². The van der Waals surface area contributed by atoms with Crippen molar-refractivity contribution in [2.24, 2.45) is 0 Å². The van der Waals surface area contributed by atoms with E-state index in [-0.39, 0.29) is 30.1 Å². The molecule has 8 heteroatoms. The maximum Gasteiger partial charge on any atom is 0.326 e. The summed E-state index contributed by atoms with van der Waals surface area (Å²) in [6.45, 7) is 5.64. The minimum Gasteiger partial charge on any atom is -0.493 e. The fourth-order valence-corrected chi connectivity index (χ4v) is 2.00. The molecule has 0 aliphatic carbocycles. The summed E-state index contributed by atoms with van der Waals surface area (Å²) in [6.07, 6.45) is 0.0489. The fraction of sp³-hybridized carbons (Fsp3) is 0.529. The standard InChI is InChI=1S/C17H24FNO6/c1-17(2,3)25-7-6-12(16(21)22)19-15(20)10-8-13(23-4)14(24-5)9-11(10)18/h8-9,12H,6-7H2,1-5H3,(H,19,20)(H,21,22). The minimum atomic E-state index is -1.23. The van der Waals surface area contributed by atoms with Gasteiger partial charge in [0.15, 0.2) is 11.5 Å². The van der Waals surface area contributed by atoms with Gasteiger partial charge in [-0.2, -0.15) is 0 Å². The molecule has 0 spiro atoms. The zero-order valence-electron chi connectivity index (χ0n) is 15.0. The average Bonchev–Trinajstić information content (AvgIpc) is 2.51. The first-order chi connectivity index (χ1) is 11.6. The molecule has 1 amide bonds. The molecular weight excluding hydrogens is 333 g/mol. The predicted molar refractivity (Wildman–Crippen MR) is 88.7 cm³/mol. The Balaban J connectivity index is 2.88. The highest BCUT2D eigenvalue weighted by atomic mass is 19.1. The number of amides is 1. The van der Waals surface area contributed by atoms with Crippen LogP contribution in [0, 0.1) is 5.82 Å². The van der Waals surface area contributed by atoms with Crippen LogP contribution in [0.1, 0.15) is 37.6 Å². The van der Waals surface area contributed by atoms with Gasteiger partial charge < -0.3 is 24.6 Å². The number of ether oxygens (including phenoxy) is 3. The van der Waals surface area contributed by atoms with Crippen LogP contribution in [0.3, 0.4) is 0 Å². The minimum absolute atomic E-state index is 0.0489. The van der Waals surface area contributed by atoms with Crippen LogP contribution in [0.2, 0.25) is 0 Å². The molecule has 7 nitrogen and oxygen atoms in total. The molecule has 1 aromatic carbocycles. The molecule has 2 N–H and O–H groups in total. The monoisotopic (exact) mass is 357 g/mol. The van der Waals surface area contributed by atoms with Crippen LogP contribution < -0.4 is 14.8 Å². The number of halogens is 1. The zero-order valence-corrected chi connectivity index (χ0v) is 15.0. The van der Waals surface area contributed by atoms with E-state index >= 15 is 0 Å². The number of carbonyl (C=O) groups excluding carboxylic acids is 1. The van der Waals surface area contributed by atoms with Crippen molar-refractivity contribution in [2.75, 3.05) is 20.8 Å². The van der Waals surface area contributed by atoms with Crippen LogP contribution in [0.4, 0.5) is 4.39 Å². The number of aliphatic carboxylic acids is 1. The summed E-state index contributed by atoms with van der Waals surface area (Å²) in [6, 6.07) is 0.961. The number of rotatable bonds is 8. The van der Waals surface area contributed by atoms with E-state index in [0.717, 1.165) is 12.1 Å². The van der Waals surface area contributed by atoms with E-state index in [9.17, 15) is 19.1 Å². The highest BCUT2D eigenvalue weighted by Crippen LogP contribution is 2.29. The highest BCUT2D eigenvalue weighted by Gasteiger charge is 2.24. The second kappa shape index (κ2) is 8.66. The van der Waals surface area contributed by atoms with Crippen molar-refractivity contribution in [1.82, 2.24) is 5.32 Å². The number of carboxylic acids is 1. The highest BCUT2D eigenvalue weighted by molar-refractivity contribution is 5.97. The van der Waals surface area contributed by atoms with Crippen LogP contribution in [-0.4, -0.2) is 49.5 Å². The molecule has 0 fully saturated rings. The van der Waals surface area contributed by atoms with Gasteiger partial charge in [0, 0.05) is 19.1 Å². The number of hydrogen-bond acceptors (Lipinski definition) is 5. The van der Waals surface area contributed by atoms with Gasteiger partial charge in [0.05, 0.1) is 25.4 Å². The molecule has 0 aliphatic rings. The van der Waals surface area contributed by atoms with Crippen LogP contribution in [0.5, 0.6) is 11.5 Å². The Morgan fingerprint density at radius 2 is 1.76 bits per heavy atom. The molecule has 0 radical (unpaired) electrons. The van der Waals surface area contributed by atoms with E-state index in [4.69, 9.17) is 14.2 Å². The van der Waals surface area contributed by atoms with Gasteiger partial charge in [-0.15, -0.1) is 0 Å². The number of carboxylic acid groups (broad SMARTS) is 1. The van der Waals surface area contributed by atoms with Gasteiger partial charge in [-0.1, -0.05) is 0 Å². The molecule has 1 atom stereocenters. The summed E-state index contributed by atoms with van der Waals surface area (Å²) in [5.74, 6) is -2.64. The van der Waals surface area contributed by atoms with Gasteiger partial charge >= 0.3 is 5.97 Å². The van der Waals surface area contributed by atoms with E-state index in [1.54, 1.807) is 0 Å². The van der Waals surface area contributed by atoms with Crippen LogP contribution in [0.15, 0.2) is 12.1 Å². The summed E-state index contributed by atoms with van der Waals surface area (Å²) in [7, 11) is 2.69. The van der Waals surface area contributed by atoms with Gasteiger partial charge in [0.25, 0.3) is 5.91 Å². The SMILES string of the molecule is COc1cc(F)c(C(=O)NC(CCOC(C)(C)C)C(=O)O)cc1OC. The van der Waals surface area contributed by atoms with Crippen molar-refractivity contribution in [1.29, 1.82) is 0 Å². The second-order valence-electron chi connectivity index (χ2n) is 6.30. The lowest BCUT2D eigenvalue weighted by molar-refractivity contribution is -0.140. The van der Waals surface area contributed by atoms with Gasteiger partial charge in [-0.05, 0) is 26.8 Å². The predicted octanol–water partition coefficient (Wildman–Crippen LogP) is 2.23. The summed E-state index contributed by atoms with van der Waals surface area (Å²) < 4.78 is 29.5. The van der Waals surface area contributed by atoms with Gasteiger partial charge in [0.1, 0.15) is 11.9 Å². The van der Waals surface area contributed by atoms with E-state index in [0.29, 0.717) is 0 Å². The molecule has 0 saturated heterocycles. The molecule has 0 bridgehead atoms. The molecule has 0 heterocycles. The average molecular weight is 357 g/mol. The second-order valence-corrected chi connectivity index (χ2v) is 6.30. The summed E-state index contributed by atoms with van der Waals surface area (Å²) in [4.78, 5) is 23.6. The van der Waals surface area contributed by atoms with Crippen LogP contribution in [0.25, 0.3) is 0 Å². The molecule has 25 heavy (non-hydrogen) atoms. The van der Waals surface area contributed by atoms with Gasteiger partial charge in [-0.3, -0.25) is 4.79 Å². The number of methoxy groups -OCH3 is 2. The van der Waals surface area contributed by atoms with Gasteiger partial charge in [0.2, 0.25) is 0 Å². The Bertz CT molecular complexity index is 626. The van der Waals surface area contributed by atoms with E-state index in [1.165, 1.54) is 14.2 Å². The van der Waals surface area contributed by atoms with Crippen molar-refractivity contribution in [3.8, 4) is 11.5 Å². The fourth-order valence-electron chi connectivity index (χ4n) is 2.00. The largest absolute Gasteiger partial charge is 0.493 e.